The summed E-state index contributed by atoms with van der Waals surface area (Å²) in [5.74, 6) is 0.968. The molecule has 0 spiro atoms. The molecular formula is C19H26N4O3. The summed E-state index contributed by atoms with van der Waals surface area (Å²) in [5.41, 5.74) is 0.446. The van der Waals surface area contributed by atoms with Crippen LogP contribution in [0.2, 0.25) is 0 Å². The minimum absolute atomic E-state index is 0.116. The van der Waals surface area contributed by atoms with Crippen LogP contribution in [0.5, 0.6) is 0 Å². The summed E-state index contributed by atoms with van der Waals surface area (Å²) in [4.78, 5) is 16.1. The second-order valence-corrected chi connectivity index (χ2v) is 6.08. The number of aliphatic hydroxyl groups is 1. The second-order valence-electron chi connectivity index (χ2n) is 6.08. The van der Waals surface area contributed by atoms with Crippen LogP contribution in [-0.2, 0) is 12.1 Å². The van der Waals surface area contributed by atoms with Gasteiger partial charge in [0, 0.05) is 19.2 Å². The maximum atomic E-state index is 11.6. The first-order valence-corrected chi connectivity index (χ1v) is 8.56. The van der Waals surface area contributed by atoms with Crippen molar-refractivity contribution in [1.82, 2.24) is 16.0 Å². The molecule has 0 bridgehead atoms. The first-order chi connectivity index (χ1) is 12.5. The van der Waals surface area contributed by atoms with Gasteiger partial charge in [-0.1, -0.05) is 12.1 Å². The molecule has 4 N–H and O–H groups in total. The molecule has 0 aliphatic heterocycles. The van der Waals surface area contributed by atoms with Crippen LogP contribution in [0.1, 0.15) is 35.5 Å². The van der Waals surface area contributed by atoms with Gasteiger partial charge in [0.15, 0.2) is 5.96 Å². The van der Waals surface area contributed by atoms with Crippen LogP contribution in [0.4, 0.5) is 0 Å². The Balaban J connectivity index is 1.99. The molecule has 1 aromatic carbocycles. The minimum Gasteiger partial charge on any atom is -0.466 e. The van der Waals surface area contributed by atoms with Crippen molar-refractivity contribution in [2.75, 3.05) is 20.1 Å². The van der Waals surface area contributed by atoms with E-state index in [1.54, 1.807) is 38.2 Å². The number of hydrogen-bond acceptors (Lipinski definition) is 4. The molecule has 1 unspecified atom stereocenters. The summed E-state index contributed by atoms with van der Waals surface area (Å²) in [6.07, 6.45) is 1.53. The number of nitrogens with zero attached hydrogens (tertiary/aromatic N) is 1. The Labute approximate surface area is 153 Å². The Morgan fingerprint density at radius 2 is 1.96 bits per heavy atom. The number of aliphatic imine (C=N–C) groups is 1. The van der Waals surface area contributed by atoms with Crippen LogP contribution in [0, 0.1) is 0 Å². The van der Waals surface area contributed by atoms with Gasteiger partial charge in [-0.25, -0.2) is 4.99 Å². The normalized spacial score (nSPS) is 13.8. The van der Waals surface area contributed by atoms with Gasteiger partial charge in [0.1, 0.15) is 11.4 Å². The molecule has 7 heteroatoms. The quantitative estimate of drug-likeness (QED) is 0.445. The zero-order chi connectivity index (χ0) is 19.0. The summed E-state index contributed by atoms with van der Waals surface area (Å²) in [6.45, 7) is 5.05. The summed E-state index contributed by atoms with van der Waals surface area (Å²) in [7, 11) is 1.60. The van der Waals surface area contributed by atoms with E-state index in [2.05, 4.69) is 20.9 Å². The smallest absolute Gasteiger partial charge is 0.251 e. The highest BCUT2D eigenvalue weighted by Crippen LogP contribution is 2.19. The first-order valence-electron chi connectivity index (χ1n) is 8.56. The standard InChI is InChI=1S/C19H26N4O3/c1-4-21-18(23-13-19(2,25)16-6-5-11-26-16)22-12-14-7-9-15(10-8-14)17(24)20-3/h5-11,25H,4,12-13H2,1-3H3,(H,20,24)(H2,21,22,23). The van der Waals surface area contributed by atoms with Crippen molar-refractivity contribution in [1.29, 1.82) is 0 Å². The van der Waals surface area contributed by atoms with Crippen molar-refractivity contribution in [3.63, 3.8) is 0 Å². The third kappa shape index (κ3) is 5.35. The molecule has 26 heavy (non-hydrogen) atoms. The van der Waals surface area contributed by atoms with Crippen LogP contribution in [-0.4, -0.2) is 37.1 Å². The molecule has 1 aromatic heterocycles. The van der Waals surface area contributed by atoms with Crippen molar-refractivity contribution in [3.05, 3.63) is 59.5 Å². The van der Waals surface area contributed by atoms with Gasteiger partial charge in [-0.15, -0.1) is 0 Å². The maximum absolute atomic E-state index is 11.6. The van der Waals surface area contributed by atoms with E-state index in [9.17, 15) is 9.90 Å². The summed E-state index contributed by atoms with van der Waals surface area (Å²) in [6, 6.07) is 10.8. The van der Waals surface area contributed by atoms with Gasteiger partial charge in [-0.2, -0.15) is 0 Å². The molecule has 140 valence electrons. The average Bonchev–Trinajstić information content (AvgIpc) is 3.19. The van der Waals surface area contributed by atoms with E-state index in [1.807, 2.05) is 19.1 Å². The van der Waals surface area contributed by atoms with Gasteiger partial charge in [0.05, 0.1) is 19.4 Å². The molecule has 2 aromatic rings. The lowest BCUT2D eigenvalue weighted by molar-refractivity contribution is 0.0386. The van der Waals surface area contributed by atoms with Crippen molar-refractivity contribution >= 4 is 11.9 Å². The van der Waals surface area contributed by atoms with E-state index in [0.717, 1.165) is 5.56 Å². The number of carbonyl (C=O) groups is 1. The number of guanidine groups is 1. The number of furan rings is 1. The predicted molar refractivity (Wildman–Crippen MR) is 101 cm³/mol. The van der Waals surface area contributed by atoms with Gasteiger partial charge in [-0.05, 0) is 43.7 Å². The Bertz CT molecular complexity index is 722. The molecule has 0 saturated heterocycles. The van der Waals surface area contributed by atoms with E-state index in [0.29, 0.717) is 30.4 Å². The number of hydrogen-bond donors (Lipinski definition) is 4. The molecule has 0 saturated carbocycles. The van der Waals surface area contributed by atoms with Crippen LogP contribution in [0.15, 0.2) is 52.1 Å². The zero-order valence-electron chi connectivity index (χ0n) is 15.4. The third-order valence-electron chi connectivity index (χ3n) is 3.86. The lowest BCUT2D eigenvalue weighted by Gasteiger charge is -2.22. The fourth-order valence-corrected chi connectivity index (χ4v) is 2.35. The first kappa shape index (κ1) is 19.5. The van der Waals surface area contributed by atoms with Gasteiger partial charge in [0.2, 0.25) is 0 Å². The molecule has 0 aliphatic rings. The van der Waals surface area contributed by atoms with E-state index >= 15 is 0 Å². The highest BCUT2D eigenvalue weighted by Gasteiger charge is 2.26. The summed E-state index contributed by atoms with van der Waals surface area (Å²) < 4.78 is 5.28. The molecular weight excluding hydrogens is 332 g/mol. The van der Waals surface area contributed by atoms with Crippen molar-refractivity contribution in [2.24, 2.45) is 4.99 Å². The van der Waals surface area contributed by atoms with Crippen molar-refractivity contribution < 1.29 is 14.3 Å². The molecule has 0 aliphatic carbocycles. The third-order valence-corrected chi connectivity index (χ3v) is 3.86. The van der Waals surface area contributed by atoms with E-state index in [-0.39, 0.29) is 12.5 Å². The zero-order valence-corrected chi connectivity index (χ0v) is 15.4. The molecule has 1 heterocycles. The van der Waals surface area contributed by atoms with E-state index in [4.69, 9.17) is 4.42 Å². The van der Waals surface area contributed by atoms with E-state index in [1.165, 1.54) is 6.26 Å². The summed E-state index contributed by atoms with van der Waals surface area (Å²) in [5, 5.41) is 19.4. The maximum Gasteiger partial charge on any atom is 0.251 e. The molecule has 0 radical (unpaired) electrons. The number of rotatable bonds is 7. The lowest BCUT2D eigenvalue weighted by Crippen LogP contribution is -2.44. The fraction of sp³-hybridized carbons (Fsp3) is 0.368. The monoisotopic (exact) mass is 358 g/mol. The number of carbonyl (C=O) groups excluding carboxylic acids is 1. The Morgan fingerprint density at radius 1 is 1.23 bits per heavy atom. The van der Waals surface area contributed by atoms with Gasteiger partial charge in [0.25, 0.3) is 5.91 Å². The van der Waals surface area contributed by atoms with Crippen molar-refractivity contribution in [3.8, 4) is 0 Å². The molecule has 2 rings (SSSR count). The van der Waals surface area contributed by atoms with Gasteiger partial charge < -0.3 is 25.5 Å². The number of amides is 1. The van der Waals surface area contributed by atoms with Gasteiger partial charge in [-0.3, -0.25) is 4.79 Å². The molecule has 1 amide bonds. The molecule has 1 atom stereocenters. The molecule has 0 fully saturated rings. The predicted octanol–water partition coefficient (Wildman–Crippen LogP) is 1.60. The Hall–Kier alpha value is -2.80. The largest absolute Gasteiger partial charge is 0.466 e. The fourth-order valence-electron chi connectivity index (χ4n) is 2.35. The summed E-state index contributed by atoms with van der Waals surface area (Å²) >= 11 is 0. The van der Waals surface area contributed by atoms with Crippen LogP contribution in [0.3, 0.4) is 0 Å². The van der Waals surface area contributed by atoms with Gasteiger partial charge >= 0.3 is 0 Å². The second kappa shape index (κ2) is 9.05. The lowest BCUT2D eigenvalue weighted by atomic mass is 10.0. The molecule has 7 nitrogen and oxygen atoms in total. The van der Waals surface area contributed by atoms with Crippen LogP contribution >= 0.6 is 0 Å². The van der Waals surface area contributed by atoms with Crippen LogP contribution in [0.25, 0.3) is 0 Å². The van der Waals surface area contributed by atoms with E-state index < -0.39 is 5.60 Å². The minimum atomic E-state index is -1.14. The highest BCUT2D eigenvalue weighted by atomic mass is 16.4. The SMILES string of the molecule is CCNC(=NCc1ccc(C(=O)NC)cc1)NCC(C)(O)c1ccco1. The number of benzene rings is 1. The number of nitrogens with one attached hydrogen (secondary N) is 3. The Morgan fingerprint density at radius 3 is 2.54 bits per heavy atom. The van der Waals surface area contributed by atoms with Crippen molar-refractivity contribution in [2.45, 2.75) is 26.0 Å². The van der Waals surface area contributed by atoms with Crippen LogP contribution < -0.4 is 16.0 Å². The average molecular weight is 358 g/mol. The Kier molecular flexibility index (Phi) is 6.80. The highest BCUT2D eigenvalue weighted by molar-refractivity contribution is 5.93. The topological polar surface area (TPSA) is 98.9 Å².